The number of hydrogen-bond donors (Lipinski definition) is 2. The van der Waals surface area contributed by atoms with Gasteiger partial charge >= 0.3 is 0 Å². The van der Waals surface area contributed by atoms with Crippen molar-refractivity contribution >= 4 is 27.7 Å². The Bertz CT molecular complexity index is 469. The summed E-state index contributed by atoms with van der Waals surface area (Å²) in [5.41, 5.74) is 0.614. The van der Waals surface area contributed by atoms with Crippen LogP contribution in [0.2, 0.25) is 0 Å². The predicted octanol–water partition coefficient (Wildman–Crippen LogP) is 2.31. The van der Waals surface area contributed by atoms with E-state index in [2.05, 4.69) is 33.5 Å². The van der Waals surface area contributed by atoms with E-state index in [0.717, 1.165) is 17.4 Å². The second kappa shape index (κ2) is 8.09. The van der Waals surface area contributed by atoms with Crippen molar-refractivity contribution in [3.63, 3.8) is 0 Å². The number of carbonyl (C=O) groups excluding carboxylic acids is 2. The van der Waals surface area contributed by atoms with Crippen molar-refractivity contribution in [2.24, 2.45) is 0 Å². The van der Waals surface area contributed by atoms with Gasteiger partial charge in [0.1, 0.15) is 5.69 Å². The summed E-state index contributed by atoms with van der Waals surface area (Å²) in [5.74, 6) is -0.202. The number of nitrogens with zero attached hydrogens (tertiary/aromatic N) is 1. The minimum Gasteiger partial charge on any atom is -0.354 e. The van der Waals surface area contributed by atoms with E-state index in [1.165, 1.54) is 0 Å². The summed E-state index contributed by atoms with van der Waals surface area (Å²) in [4.78, 5) is 23.5. The first-order valence-corrected chi connectivity index (χ1v) is 7.66. The van der Waals surface area contributed by atoms with Crippen LogP contribution in [0.4, 0.5) is 0 Å². The van der Waals surface area contributed by atoms with Crippen LogP contribution in [0, 0.1) is 0 Å². The van der Waals surface area contributed by atoms with Gasteiger partial charge in [-0.3, -0.25) is 9.59 Å². The summed E-state index contributed by atoms with van der Waals surface area (Å²) in [5, 5.41) is 5.56. The summed E-state index contributed by atoms with van der Waals surface area (Å²) in [6, 6.07) is 1.91. The lowest BCUT2D eigenvalue weighted by Crippen LogP contribution is -2.34. The number of halogens is 1. The van der Waals surface area contributed by atoms with Gasteiger partial charge in [0.25, 0.3) is 5.91 Å². The molecule has 1 heterocycles. The third-order valence-electron chi connectivity index (χ3n) is 2.65. The lowest BCUT2D eigenvalue weighted by atomic mass is 10.3. The van der Waals surface area contributed by atoms with Crippen molar-refractivity contribution in [2.45, 2.75) is 46.2 Å². The molecule has 1 aromatic rings. The highest BCUT2D eigenvalue weighted by atomic mass is 79.9. The standard InChI is InChI=1S/C14H22BrN3O2/c1-4-7-18-9-11(15)8-12(18)14(20)16-6-5-13(19)17-10(2)3/h8-10H,4-7H2,1-3H3,(H,16,20)(H,17,19). The van der Waals surface area contributed by atoms with Crippen LogP contribution in [0.5, 0.6) is 0 Å². The Balaban J connectivity index is 2.49. The average molecular weight is 344 g/mol. The zero-order valence-electron chi connectivity index (χ0n) is 12.2. The Morgan fingerprint density at radius 2 is 2.10 bits per heavy atom. The highest BCUT2D eigenvalue weighted by Crippen LogP contribution is 2.15. The van der Waals surface area contributed by atoms with E-state index in [-0.39, 0.29) is 17.9 Å². The Kier molecular flexibility index (Phi) is 6.78. The zero-order chi connectivity index (χ0) is 15.1. The fourth-order valence-corrected chi connectivity index (χ4v) is 2.33. The van der Waals surface area contributed by atoms with Gasteiger partial charge in [-0.05, 0) is 42.3 Å². The number of rotatable bonds is 7. The molecule has 6 heteroatoms. The van der Waals surface area contributed by atoms with Crippen LogP contribution in [0.15, 0.2) is 16.7 Å². The minimum absolute atomic E-state index is 0.0505. The molecule has 20 heavy (non-hydrogen) atoms. The summed E-state index contributed by atoms with van der Waals surface area (Å²) >= 11 is 3.37. The molecule has 1 aromatic heterocycles. The third kappa shape index (κ3) is 5.36. The highest BCUT2D eigenvalue weighted by Gasteiger charge is 2.12. The van der Waals surface area contributed by atoms with Crippen LogP contribution in [0.25, 0.3) is 0 Å². The Morgan fingerprint density at radius 3 is 2.70 bits per heavy atom. The molecular formula is C14H22BrN3O2. The van der Waals surface area contributed by atoms with Crippen LogP contribution in [-0.4, -0.2) is 29.0 Å². The minimum atomic E-state index is -0.151. The van der Waals surface area contributed by atoms with Gasteiger partial charge in [-0.1, -0.05) is 6.92 Å². The lowest BCUT2D eigenvalue weighted by Gasteiger charge is -2.10. The van der Waals surface area contributed by atoms with E-state index in [0.29, 0.717) is 18.7 Å². The fraction of sp³-hybridized carbons (Fsp3) is 0.571. The first-order chi connectivity index (χ1) is 9.43. The average Bonchev–Trinajstić information content (AvgIpc) is 2.69. The number of amides is 2. The monoisotopic (exact) mass is 343 g/mol. The van der Waals surface area contributed by atoms with Crippen molar-refractivity contribution in [3.05, 3.63) is 22.4 Å². The first kappa shape index (κ1) is 16.8. The van der Waals surface area contributed by atoms with Crippen LogP contribution >= 0.6 is 15.9 Å². The maximum absolute atomic E-state index is 12.1. The molecule has 112 valence electrons. The summed E-state index contributed by atoms with van der Waals surface area (Å²) < 4.78 is 2.79. The Hall–Kier alpha value is -1.30. The molecule has 0 saturated carbocycles. The number of aryl methyl sites for hydroxylation is 1. The molecular weight excluding hydrogens is 322 g/mol. The van der Waals surface area contributed by atoms with Crippen molar-refractivity contribution in [1.82, 2.24) is 15.2 Å². The quantitative estimate of drug-likeness (QED) is 0.797. The van der Waals surface area contributed by atoms with Gasteiger partial charge in [-0.2, -0.15) is 0 Å². The molecule has 0 fully saturated rings. The molecule has 0 saturated heterocycles. The van der Waals surface area contributed by atoms with Gasteiger partial charge in [0, 0.05) is 36.2 Å². The molecule has 2 amide bonds. The van der Waals surface area contributed by atoms with Crippen LogP contribution in [0.1, 0.15) is 44.1 Å². The summed E-state index contributed by atoms with van der Waals surface area (Å²) in [6.45, 7) is 7.01. The number of nitrogens with one attached hydrogen (secondary N) is 2. The van der Waals surface area contributed by atoms with Gasteiger partial charge in [0.2, 0.25) is 5.91 Å². The van der Waals surface area contributed by atoms with E-state index in [1.807, 2.05) is 24.6 Å². The smallest absolute Gasteiger partial charge is 0.267 e. The lowest BCUT2D eigenvalue weighted by molar-refractivity contribution is -0.121. The number of aromatic nitrogens is 1. The fourth-order valence-electron chi connectivity index (χ4n) is 1.87. The molecule has 0 aliphatic rings. The maximum atomic E-state index is 12.1. The van der Waals surface area contributed by atoms with E-state index >= 15 is 0 Å². The molecule has 0 spiro atoms. The second-order valence-corrected chi connectivity index (χ2v) is 5.88. The molecule has 0 aromatic carbocycles. The molecule has 1 rings (SSSR count). The van der Waals surface area contributed by atoms with E-state index < -0.39 is 0 Å². The largest absolute Gasteiger partial charge is 0.354 e. The van der Waals surface area contributed by atoms with Crippen molar-refractivity contribution < 1.29 is 9.59 Å². The first-order valence-electron chi connectivity index (χ1n) is 6.87. The number of carbonyl (C=O) groups is 2. The van der Waals surface area contributed by atoms with Gasteiger partial charge < -0.3 is 15.2 Å². The van der Waals surface area contributed by atoms with Crippen LogP contribution in [-0.2, 0) is 11.3 Å². The Labute approximate surface area is 128 Å². The van der Waals surface area contributed by atoms with Crippen molar-refractivity contribution in [3.8, 4) is 0 Å². The molecule has 0 aliphatic heterocycles. The molecule has 0 aliphatic carbocycles. The highest BCUT2D eigenvalue weighted by molar-refractivity contribution is 9.10. The second-order valence-electron chi connectivity index (χ2n) is 4.97. The van der Waals surface area contributed by atoms with Crippen LogP contribution in [0.3, 0.4) is 0 Å². The van der Waals surface area contributed by atoms with E-state index in [1.54, 1.807) is 6.07 Å². The van der Waals surface area contributed by atoms with Crippen molar-refractivity contribution in [2.75, 3.05) is 6.54 Å². The van der Waals surface area contributed by atoms with E-state index in [4.69, 9.17) is 0 Å². The van der Waals surface area contributed by atoms with Crippen LogP contribution < -0.4 is 10.6 Å². The number of hydrogen-bond acceptors (Lipinski definition) is 2. The SMILES string of the molecule is CCCn1cc(Br)cc1C(=O)NCCC(=O)NC(C)C. The third-order valence-corrected chi connectivity index (χ3v) is 3.08. The molecule has 0 unspecified atom stereocenters. The molecule has 0 bridgehead atoms. The van der Waals surface area contributed by atoms with Gasteiger partial charge in [-0.15, -0.1) is 0 Å². The Morgan fingerprint density at radius 1 is 1.40 bits per heavy atom. The summed E-state index contributed by atoms with van der Waals surface area (Å²) in [6.07, 6.45) is 3.14. The zero-order valence-corrected chi connectivity index (χ0v) is 13.8. The molecule has 0 radical (unpaired) electrons. The molecule has 5 nitrogen and oxygen atoms in total. The normalized spacial score (nSPS) is 10.7. The van der Waals surface area contributed by atoms with E-state index in [9.17, 15) is 9.59 Å². The predicted molar refractivity (Wildman–Crippen MR) is 82.7 cm³/mol. The topological polar surface area (TPSA) is 63.1 Å². The molecule has 0 atom stereocenters. The molecule has 2 N–H and O–H groups in total. The van der Waals surface area contributed by atoms with Gasteiger partial charge in [-0.25, -0.2) is 0 Å². The van der Waals surface area contributed by atoms with Gasteiger partial charge in [0.15, 0.2) is 0 Å². The maximum Gasteiger partial charge on any atom is 0.267 e. The summed E-state index contributed by atoms with van der Waals surface area (Å²) in [7, 11) is 0. The van der Waals surface area contributed by atoms with Gasteiger partial charge in [0.05, 0.1) is 0 Å². The van der Waals surface area contributed by atoms with Crippen molar-refractivity contribution in [1.29, 1.82) is 0 Å².